The van der Waals surface area contributed by atoms with Crippen LogP contribution in [0.4, 0.5) is 5.69 Å². The summed E-state index contributed by atoms with van der Waals surface area (Å²) in [6, 6.07) is 8.95. The van der Waals surface area contributed by atoms with Gasteiger partial charge in [0.2, 0.25) is 10.0 Å². The first-order valence-corrected chi connectivity index (χ1v) is 10.3. The third kappa shape index (κ3) is 5.51. The van der Waals surface area contributed by atoms with Gasteiger partial charge in [-0.2, -0.15) is 5.10 Å². The van der Waals surface area contributed by atoms with Crippen molar-refractivity contribution in [1.29, 1.82) is 0 Å². The molecule has 2 aromatic carbocycles. The maximum Gasteiger partial charge on any atom is 0.260 e. The number of nitrogens with zero attached hydrogens (tertiary/aromatic N) is 2. The zero-order valence-electron chi connectivity index (χ0n) is 14.9. The van der Waals surface area contributed by atoms with Gasteiger partial charge in [0.25, 0.3) is 5.91 Å². The predicted octanol–water partition coefficient (Wildman–Crippen LogP) is 2.62. The highest BCUT2D eigenvalue weighted by atomic mass is 35.5. The Hall–Kier alpha value is -2.49. The van der Waals surface area contributed by atoms with E-state index in [0.717, 1.165) is 10.6 Å². The molecule has 0 saturated carbocycles. The third-order valence-electron chi connectivity index (χ3n) is 3.49. The zero-order chi connectivity index (χ0) is 20.9. The molecule has 0 fully saturated rings. The number of rotatable bonds is 7. The van der Waals surface area contributed by atoms with Gasteiger partial charge < -0.3 is 9.84 Å². The Bertz CT molecular complexity index is 1010. The van der Waals surface area contributed by atoms with Gasteiger partial charge in [-0.1, -0.05) is 29.3 Å². The van der Waals surface area contributed by atoms with Crippen molar-refractivity contribution in [3.63, 3.8) is 0 Å². The van der Waals surface area contributed by atoms with E-state index in [-0.39, 0.29) is 27.2 Å². The molecule has 0 spiro atoms. The van der Waals surface area contributed by atoms with Crippen LogP contribution in [-0.4, -0.2) is 45.6 Å². The Labute approximate surface area is 172 Å². The minimum atomic E-state index is -3.81. The molecule has 0 saturated heterocycles. The normalized spacial score (nSPS) is 11.4. The van der Waals surface area contributed by atoms with E-state index in [1.807, 2.05) is 0 Å². The van der Waals surface area contributed by atoms with E-state index in [1.54, 1.807) is 6.07 Å². The summed E-state index contributed by atoms with van der Waals surface area (Å²) in [5.41, 5.74) is 2.87. The number of phenols is 1. The molecule has 0 aliphatic rings. The average molecular weight is 446 g/mol. The van der Waals surface area contributed by atoms with E-state index in [2.05, 4.69) is 10.5 Å². The van der Waals surface area contributed by atoms with Crippen LogP contribution in [-0.2, 0) is 14.8 Å². The molecule has 150 valence electrons. The summed E-state index contributed by atoms with van der Waals surface area (Å²) in [5, 5.41) is 13.5. The van der Waals surface area contributed by atoms with Gasteiger partial charge in [0.1, 0.15) is 6.54 Å². The second kappa shape index (κ2) is 9.13. The first-order chi connectivity index (χ1) is 13.1. The van der Waals surface area contributed by atoms with Crippen molar-refractivity contribution >= 4 is 51.0 Å². The number of hydrogen-bond acceptors (Lipinski definition) is 6. The fourth-order valence-corrected chi connectivity index (χ4v) is 3.49. The van der Waals surface area contributed by atoms with Crippen molar-refractivity contribution in [2.24, 2.45) is 5.10 Å². The Morgan fingerprint density at radius 3 is 2.68 bits per heavy atom. The number of hydrazone groups is 1. The number of anilines is 1. The highest BCUT2D eigenvalue weighted by Gasteiger charge is 2.23. The molecule has 0 aromatic heterocycles. The number of aromatic hydroxyl groups is 1. The molecule has 2 aromatic rings. The fraction of sp³-hybridized carbons (Fsp3) is 0.176. The first kappa shape index (κ1) is 21.8. The fourth-order valence-electron chi connectivity index (χ4n) is 2.19. The highest BCUT2D eigenvalue weighted by Crippen LogP contribution is 2.33. The van der Waals surface area contributed by atoms with Crippen molar-refractivity contribution in [1.82, 2.24) is 5.43 Å². The molecular weight excluding hydrogens is 429 g/mol. The number of carbonyl (C=O) groups is 1. The van der Waals surface area contributed by atoms with Crippen LogP contribution < -0.4 is 14.5 Å². The quantitative estimate of drug-likeness (QED) is 0.502. The van der Waals surface area contributed by atoms with Gasteiger partial charge in [-0.3, -0.25) is 9.10 Å². The lowest BCUT2D eigenvalue weighted by Gasteiger charge is -2.22. The molecule has 1 amide bonds. The van der Waals surface area contributed by atoms with E-state index >= 15 is 0 Å². The summed E-state index contributed by atoms with van der Waals surface area (Å²) in [4.78, 5) is 12.2. The molecule has 2 rings (SSSR count). The lowest BCUT2D eigenvalue weighted by molar-refractivity contribution is -0.119. The van der Waals surface area contributed by atoms with Crippen LogP contribution in [0.5, 0.6) is 11.5 Å². The second-order valence-electron chi connectivity index (χ2n) is 5.57. The van der Waals surface area contributed by atoms with E-state index < -0.39 is 22.5 Å². The molecule has 2 N–H and O–H groups in total. The number of nitrogens with one attached hydrogen (secondary N) is 1. The summed E-state index contributed by atoms with van der Waals surface area (Å²) in [6.45, 7) is -0.546. The van der Waals surface area contributed by atoms with Crippen molar-refractivity contribution < 1.29 is 23.1 Å². The van der Waals surface area contributed by atoms with Crippen molar-refractivity contribution in [2.45, 2.75) is 0 Å². The van der Waals surface area contributed by atoms with Crippen molar-refractivity contribution in [2.75, 3.05) is 24.2 Å². The van der Waals surface area contributed by atoms with Gasteiger partial charge in [-0.05, 0) is 35.9 Å². The number of ether oxygens (including phenoxy) is 1. The van der Waals surface area contributed by atoms with Gasteiger partial charge in [-0.15, -0.1) is 0 Å². The molecular formula is C17H17Cl2N3O5S. The van der Waals surface area contributed by atoms with E-state index in [0.29, 0.717) is 5.56 Å². The number of amides is 1. The van der Waals surface area contributed by atoms with Crippen LogP contribution in [0.25, 0.3) is 0 Å². The van der Waals surface area contributed by atoms with Crippen LogP contribution in [0.3, 0.4) is 0 Å². The van der Waals surface area contributed by atoms with Crippen LogP contribution in [0.1, 0.15) is 5.56 Å². The maximum absolute atomic E-state index is 12.2. The molecule has 8 nitrogen and oxygen atoms in total. The predicted molar refractivity (Wildman–Crippen MR) is 109 cm³/mol. The number of phenolic OH excluding ortho intramolecular Hbond substituents is 1. The third-order valence-corrected chi connectivity index (χ3v) is 5.43. The Morgan fingerprint density at radius 2 is 2.04 bits per heavy atom. The number of methoxy groups -OCH3 is 1. The molecule has 0 heterocycles. The SMILES string of the molecule is COc1cc(/C=N/NC(=O)CN(c2cccc(Cl)c2Cl)S(C)(=O)=O)ccc1O. The maximum atomic E-state index is 12.2. The first-order valence-electron chi connectivity index (χ1n) is 7.74. The van der Waals surface area contributed by atoms with Crippen LogP contribution in [0, 0.1) is 0 Å². The van der Waals surface area contributed by atoms with Crippen molar-refractivity contribution in [3.8, 4) is 11.5 Å². The summed E-state index contributed by atoms with van der Waals surface area (Å²) >= 11 is 12.0. The number of benzene rings is 2. The van der Waals surface area contributed by atoms with Gasteiger partial charge in [0, 0.05) is 0 Å². The molecule has 28 heavy (non-hydrogen) atoms. The summed E-state index contributed by atoms with van der Waals surface area (Å²) in [7, 11) is -2.41. The Balaban J connectivity index is 2.13. The smallest absolute Gasteiger partial charge is 0.260 e. The molecule has 11 heteroatoms. The van der Waals surface area contributed by atoms with E-state index in [1.165, 1.54) is 43.7 Å². The Morgan fingerprint density at radius 1 is 1.32 bits per heavy atom. The standard InChI is InChI=1S/C17H17Cl2N3O5S/c1-27-15-8-11(6-7-14(15)23)9-20-21-16(24)10-22(28(2,25)26)13-5-3-4-12(18)17(13)19/h3-9,23H,10H2,1-2H3,(H,21,24)/b20-9+. The average Bonchev–Trinajstić information content (AvgIpc) is 2.63. The largest absolute Gasteiger partial charge is 0.504 e. The zero-order valence-corrected chi connectivity index (χ0v) is 17.2. The molecule has 0 aliphatic carbocycles. The topological polar surface area (TPSA) is 108 Å². The summed E-state index contributed by atoms with van der Waals surface area (Å²) in [5.74, 6) is -0.483. The lowest BCUT2D eigenvalue weighted by Crippen LogP contribution is -2.39. The van der Waals surface area contributed by atoms with Crippen LogP contribution in [0.15, 0.2) is 41.5 Å². The van der Waals surface area contributed by atoms with Gasteiger partial charge in [0.05, 0.1) is 35.3 Å². The molecule has 0 aliphatic heterocycles. The molecule has 0 unspecified atom stereocenters. The lowest BCUT2D eigenvalue weighted by atomic mass is 10.2. The van der Waals surface area contributed by atoms with Crippen molar-refractivity contribution in [3.05, 3.63) is 52.0 Å². The number of halogens is 2. The minimum absolute atomic E-state index is 0.0158. The minimum Gasteiger partial charge on any atom is -0.504 e. The molecule has 0 atom stereocenters. The molecule has 0 radical (unpaired) electrons. The second-order valence-corrected chi connectivity index (χ2v) is 8.26. The van der Waals surface area contributed by atoms with Gasteiger partial charge in [-0.25, -0.2) is 13.8 Å². The monoisotopic (exact) mass is 445 g/mol. The van der Waals surface area contributed by atoms with E-state index in [4.69, 9.17) is 27.9 Å². The number of sulfonamides is 1. The highest BCUT2D eigenvalue weighted by molar-refractivity contribution is 7.92. The van der Waals surface area contributed by atoms with Gasteiger partial charge in [0.15, 0.2) is 11.5 Å². The van der Waals surface area contributed by atoms with Crippen LogP contribution >= 0.6 is 23.2 Å². The van der Waals surface area contributed by atoms with Crippen LogP contribution in [0.2, 0.25) is 10.0 Å². The van der Waals surface area contributed by atoms with Gasteiger partial charge >= 0.3 is 0 Å². The number of carbonyl (C=O) groups excluding carboxylic acids is 1. The Kier molecular flexibility index (Phi) is 7.11. The van der Waals surface area contributed by atoms with E-state index in [9.17, 15) is 18.3 Å². The summed E-state index contributed by atoms with van der Waals surface area (Å²) < 4.78 is 30.0. The molecule has 0 bridgehead atoms. The number of hydrogen-bond donors (Lipinski definition) is 2. The summed E-state index contributed by atoms with van der Waals surface area (Å²) in [6.07, 6.45) is 2.26.